The molecule has 0 radical (unpaired) electrons. The first-order chi connectivity index (χ1) is 20.8. The molecular formula is C35H43F4NO3. The maximum atomic E-state index is 15.1. The zero-order chi connectivity index (χ0) is 30.4. The summed E-state index contributed by atoms with van der Waals surface area (Å²) in [7, 11) is 0. The lowest BCUT2D eigenvalue weighted by Crippen LogP contribution is -2.43. The number of halogens is 4. The van der Waals surface area contributed by atoms with Crippen molar-refractivity contribution in [2.75, 3.05) is 13.2 Å². The van der Waals surface area contributed by atoms with Gasteiger partial charge in [0.15, 0.2) is 6.29 Å². The van der Waals surface area contributed by atoms with Crippen molar-refractivity contribution in [3.05, 3.63) is 53.6 Å². The SMILES string of the molecule is CCCCCC1CCC(C2COC(C3CCC(C(F)(F)Oc4cc(F)c(-c5ccc(C#N)cc5)c(F)c4)CC3)OC2)CC1. The second kappa shape index (κ2) is 14.4. The van der Waals surface area contributed by atoms with E-state index in [0.717, 1.165) is 18.1 Å². The minimum absolute atomic E-state index is 0.0453. The summed E-state index contributed by atoms with van der Waals surface area (Å²) in [6, 6.07) is 9.21. The van der Waals surface area contributed by atoms with Crippen LogP contribution in [0.4, 0.5) is 17.6 Å². The zero-order valence-electron chi connectivity index (χ0n) is 25.0. The highest BCUT2D eigenvalue weighted by Crippen LogP contribution is 2.44. The molecule has 3 fully saturated rings. The van der Waals surface area contributed by atoms with Crippen molar-refractivity contribution < 1.29 is 31.8 Å². The highest BCUT2D eigenvalue weighted by atomic mass is 19.3. The lowest BCUT2D eigenvalue weighted by molar-refractivity contribution is -0.251. The van der Waals surface area contributed by atoms with Crippen LogP contribution in [0.25, 0.3) is 11.1 Å². The van der Waals surface area contributed by atoms with E-state index >= 15 is 8.78 Å². The van der Waals surface area contributed by atoms with Crippen molar-refractivity contribution in [2.24, 2.45) is 29.6 Å². The van der Waals surface area contributed by atoms with E-state index in [1.807, 2.05) is 6.07 Å². The third kappa shape index (κ3) is 7.91. The lowest BCUT2D eigenvalue weighted by atomic mass is 9.74. The maximum Gasteiger partial charge on any atom is 0.400 e. The molecule has 0 N–H and O–H groups in total. The smallest absolute Gasteiger partial charge is 0.400 e. The summed E-state index contributed by atoms with van der Waals surface area (Å²) in [4.78, 5) is 0. The Hall–Kier alpha value is -2.63. The lowest BCUT2D eigenvalue weighted by Gasteiger charge is -2.41. The van der Waals surface area contributed by atoms with Gasteiger partial charge in [-0.2, -0.15) is 14.0 Å². The zero-order valence-corrected chi connectivity index (χ0v) is 25.0. The van der Waals surface area contributed by atoms with E-state index in [4.69, 9.17) is 19.5 Å². The van der Waals surface area contributed by atoms with Crippen LogP contribution in [0.2, 0.25) is 0 Å². The van der Waals surface area contributed by atoms with Crippen molar-refractivity contribution in [1.82, 2.24) is 0 Å². The molecule has 2 aliphatic carbocycles. The Morgan fingerprint density at radius 3 is 2.02 bits per heavy atom. The number of hydrogen-bond acceptors (Lipinski definition) is 4. The highest BCUT2D eigenvalue weighted by Gasteiger charge is 2.46. The number of benzene rings is 2. The van der Waals surface area contributed by atoms with Gasteiger partial charge in [0.1, 0.15) is 17.4 Å². The van der Waals surface area contributed by atoms with Crippen molar-refractivity contribution in [3.8, 4) is 22.9 Å². The van der Waals surface area contributed by atoms with Crippen LogP contribution in [0, 0.1) is 52.6 Å². The van der Waals surface area contributed by atoms with Gasteiger partial charge in [-0.1, -0.05) is 57.6 Å². The van der Waals surface area contributed by atoms with Gasteiger partial charge in [0.05, 0.1) is 36.3 Å². The topological polar surface area (TPSA) is 51.5 Å². The predicted molar refractivity (Wildman–Crippen MR) is 156 cm³/mol. The molecule has 43 heavy (non-hydrogen) atoms. The van der Waals surface area contributed by atoms with E-state index in [0.29, 0.717) is 43.5 Å². The van der Waals surface area contributed by atoms with Gasteiger partial charge >= 0.3 is 6.11 Å². The molecule has 5 rings (SSSR count). The largest absolute Gasteiger partial charge is 0.432 e. The molecule has 234 valence electrons. The van der Waals surface area contributed by atoms with Crippen molar-refractivity contribution in [3.63, 3.8) is 0 Å². The summed E-state index contributed by atoms with van der Waals surface area (Å²) in [6.45, 7) is 3.59. The Morgan fingerprint density at radius 2 is 1.44 bits per heavy atom. The Bertz CT molecular complexity index is 1200. The average molecular weight is 602 g/mol. The fourth-order valence-electron chi connectivity index (χ4n) is 7.27. The molecule has 2 saturated carbocycles. The molecule has 0 spiro atoms. The Balaban J connectivity index is 1.08. The predicted octanol–water partition coefficient (Wildman–Crippen LogP) is 9.66. The Labute approximate surface area is 252 Å². The van der Waals surface area contributed by atoms with Crippen LogP contribution in [-0.4, -0.2) is 25.6 Å². The highest BCUT2D eigenvalue weighted by molar-refractivity contribution is 5.66. The van der Waals surface area contributed by atoms with Crippen molar-refractivity contribution in [2.45, 2.75) is 96.4 Å². The van der Waals surface area contributed by atoms with Crippen LogP contribution in [0.15, 0.2) is 36.4 Å². The molecule has 3 aliphatic rings. The van der Waals surface area contributed by atoms with E-state index < -0.39 is 29.4 Å². The molecule has 0 bridgehead atoms. The van der Waals surface area contributed by atoms with Gasteiger partial charge in [0.25, 0.3) is 0 Å². The molecule has 0 aromatic heterocycles. The van der Waals surface area contributed by atoms with Crippen LogP contribution >= 0.6 is 0 Å². The number of alkyl halides is 2. The summed E-state index contributed by atoms with van der Waals surface area (Å²) in [5.41, 5.74) is 0.190. The van der Waals surface area contributed by atoms with Crippen LogP contribution < -0.4 is 4.74 Å². The van der Waals surface area contributed by atoms with Crippen LogP contribution in [0.5, 0.6) is 5.75 Å². The van der Waals surface area contributed by atoms with Gasteiger partial charge in [0.2, 0.25) is 0 Å². The third-order valence-electron chi connectivity index (χ3n) is 9.93. The van der Waals surface area contributed by atoms with E-state index in [1.54, 1.807) is 0 Å². The van der Waals surface area contributed by atoms with Gasteiger partial charge in [-0.15, -0.1) is 0 Å². The Morgan fingerprint density at radius 1 is 0.837 bits per heavy atom. The molecule has 1 saturated heterocycles. The van der Waals surface area contributed by atoms with E-state index in [1.165, 1.54) is 75.6 Å². The van der Waals surface area contributed by atoms with Gasteiger partial charge in [0, 0.05) is 24.0 Å². The second-order valence-electron chi connectivity index (χ2n) is 12.8. The van der Waals surface area contributed by atoms with Gasteiger partial charge in [-0.3, -0.25) is 0 Å². The number of unbranched alkanes of at least 4 members (excludes halogenated alkanes) is 2. The minimum atomic E-state index is -3.57. The average Bonchev–Trinajstić information content (AvgIpc) is 3.01. The van der Waals surface area contributed by atoms with Crippen molar-refractivity contribution >= 4 is 0 Å². The molecule has 8 heteroatoms. The number of ether oxygens (including phenoxy) is 3. The second-order valence-corrected chi connectivity index (χ2v) is 12.8. The number of nitriles is 1. The Kier molecular flexibility index (Phi) is 10.7. The molecular weight excluding hydrogens is 558 g/mol. The molecule has 0 amide bonds. The fraction of sp³-hybridized carbons (Fsp3) is 0.629. The minimum Gasteiger partial charge on any atom is -0.432 e. The van der Waals surface area contributed by atoms with E-state index in [9.17, 15) is 8.78 Å². The molecule has 2 aromatic rings. The molecule has 0 unspecified atom stereocenters. The van der Waals surface area contributed by atoms with Crippen LogP contribution in [0.1, 0.15) is 89.5 Å². The first-order valence-corrected chi connectivity index (χ1v) is 16.1. The van der Waals surface area contributed by atoms with Crippen molar-refractivity contribution in [1.29, 1.82) is 5.26 Å². The quantitative estimate of drug-likeness (QED) is 0.201. The molecule has 1 aliphatic heterocycles. The summed E-state index contributed by atoms with van der Waals surface area (Å²) in [5.74, 6) is -1.69. The molecule has 0 atom stereocenters. The first-order valence-electron chi connectivity index (χ1n) is 16.1. The summed E-state index contributed by atoms with van der Waals surface area (Å²) < 4.78 is 77.1. The molecule has 2 aromatic carbocycles. The molecule has 4 nitrogen and oxygen atoms in total. The number of rotatable bonds is 10. The summed E-state index contributed by atoms with van der Waals surface area (Å²) in [5, 5.41) is 8.93. The monoisotopic (exact) mass is 601 g/mol. The first kappa shape index (κ1) is 31.8. The number of nitrogens with zero attached hydrogens (tertiary/aromatic N) is 1. The van der Waals surface area contributed by atoms with E-state index in [-0.39, 0.29) is 36.2 Å². The molecule has 1 heterocycles. The third-order valence-corrected chi connectivity index (χ3v) is 9.93. The fourth-order valence-corrected chi connectivity index (χ4v) is 7.27. The van der Waals surface area contributed by atoms with Crippen LogP contribution in [-0.2, 0) is 9.47 Å². The summed E-state index contributed by atoms with van der Waals surface area (Å²) in [6.07, 6.45) is 7.89. The van der Waals surface area contributed by atoms with Gasteiger partial charge < -0.3 is 14.2 Å². The number of hydrogen-bond donors (Lipinski definition) is 0. The standard InChI is InChI=1S/C35H43F4NO3/c1-2-3-4-5-23-6-10-25(11-7-23)28-21-41-34(42-22-28)27-14-16-29(17-15-27)35(38,39)43-30-18-31(36)33(32(37)19-30)26-12-8-24(20-40)9-13-26/h8-9,12-13,18-19,23,25,27-29,34H,2-7,10-11,14-17,21-22H2,1H3. The van der Waals surface area contributed by atoms with Gasteiger partial charge in [-0.05, 0) is 68.1 Å². The summed E-state index contributed by atoms with van der Waals surface area (Å²) >= 11 is 0. The van der Waals surface area contributed by atoms with E-state index in [2.05, 4.69) is 6.92 Å². The van der Waals surface area contributed by atoms with Gasteiger partial charge in [-0.25, -0.2) is 8.78 Å². The normalized spacial score (nSPS) is 28.3. The van der Waals surface area contributed by atoms with Crippen LogP contribution in [0.3, 0.4) is 0 Å². The maximum absolute atomic E-state index is 15.1.